The van der Waals surface area contributed by atoms with Crippen molar-refractivity contribution in [3.05, 3.63) is 162 Å². The van der Waals surface area contributed by atoms with E-state index in [0.29, 0.717) is 11.3 Å². The summed E-state index contributed by atoms with van der Waals surface area (Å²) in [6, 6.07) is 40.4. The second-order valence-electron chi connectivity index (χ2n) is 9.99. The maximum Gasteiger partial charge on any atom is 0.272 e. The monoisotopic (exact) mass is 615 g/mol. The highest BCUT2D eigenvalue weighted by atomic mass is 32.2. The number of carbonyl (C=O) groups excluding carboxylic acids is 3. The highest BCUT2D eigenvalue weighted by Crippen LogP contribution is 2.32. The molecule has 5 aromatic rings. The van der Waals surface area contributed by atoms with Gasteiger partial charge in [0, 0.05) is 33.1 Å². The summed E-state index contributed by atoms with van der Waals surface area (Å²) in [4.78, 5) is 42.6. The average molecular weight is 616 g/mol. The quantitative estimate of drug-likeness (QED) is 0.123. The van der Waals surface area contributed by atoms with Crippen LogP contribution in [-0.4, -0.2) is 23.0 Å². The van der Waals surface area contributed by atoms with Crippen LogP contribution in [0.15, 0.2) is 150 Å². The van der Waals surface area contributed by atoms with Gasteiger partial charge in [-0.3, -0.25) is 19.3 Å². The topological polar surface area (TPSA) is 78.5 Å². The van der Waals surface area contributed by atoms with Gasteiger partial charge >= 0.3 is 0 Å². The van der Waals surface area contributed by atoms with Gasteiger partial charge in [0.1, 0.15) is 11.5 Å². The lowest BCUT2D eigenvalue weighted by Crippen LogP contribution is -2.32. The second-order valence-corrected chi connectivity index (χ2v) is 11.4. The van der Waals surface area contributed by atoms with Crippen molar-refractivity contribution in [2.45, 2.75) is 17.1 Å². The molecule has 6 nitrogen and oxygen atoms in total. The smallest absolute Gasteiger partial charge is 0.272 e. The van der Waals surface area contributed by atoms with Crippen molar-refractivity contribution in [3.63, 3.8) is 0 Å². The zero-order chi connectivity index (χ0) is 31.6. The van der Waals surface area contributed by atoms with E-state index < -0.39 is 22.9 Å². The van der Waals surface area contributed by atoms with Crippen LogP contribution in [0.5, 0.6) is 0 Å². The average Bonchev–Trinajstić information content (AvgIpc) is 3.07. The zero-order valence-electron chi connectivity index (χ0n) is 24.4. The largest absolute Gasteiger partial charge is 0.321 e. The Hall–Kier alpha value is -5.47. The summed E-state index contributed by atoms with van der Waals surface area (Å²) in [6.07, 6.45) is 1.30. The summed E-state index contributed by atoms with van der Waals surface area (Å²) in [5, 5.41) is 4.95. The molecule has 0 heterocycles. The van der Waals surface area contributed by atoms with Gasteiger partial charge in [-0.15, -0.1) is 11.8 Å². The second kappa shape index (κ2) is 14.8. The number of nitrogens with zero attached hydrogens (tertiary/aromatic N) is 1. The van der Waals surface area contributed by atoms with Crippen LogP contribution in [0.3, 0.4) is 0 Å². The van der Waals surface area contributed by atoms with E-state index in [1.807, 2.05) is 73.7 Å². The standard InChI is InChI=1S/C37H30FN3O3S/c1-26(37(44)41(30-18-7-3-8-19-30)31-20-9-4-10-21-31)45-32-22-13-17-29(25-32)39-36(43)34(24-28-16-11-12-23-33(28)38)40-35(42)27-14-5-2-6-15-27/h2-26H,1H3,(H,39,43)(H,40,42)/b34-24+. The molecule has 0 aromatic heterocycles. The molecule has 3 amide bonds. The number of anilines is 3. The zero-order valence-corrected chi connectivity index (χ0v) is 25.2. The number of thioether (sulfide) groups is 1. The summed E-state index contributed by atoms with van der Waals surface area (Å²) in [5.74, 6) is -1.78. The molecule has 0 saturated heterocycles. The molecule has 0 bridgehead atoms. The molecule has 8 heteroatoms. The summed E-state index contributed by atoms with van der Waals surface area (Å²) in [6.45, 7) is 1.84. The third-order valence-electron chi connectivity index (χ3n) is 6.74. The molecular weight excluding hydrogens is 585 g/mol. The maximum absolute atomic E-state index is 14.5. The van der Waals surface area contributed by atoms with E-state index in [9.17, 15) is 18.8 Å². The van der Waals surface area contributed by atoms with E-state index >= 15 is 0 Å². The number of amides is 3. The number of carbonyl (C=O) groups is 3. The molecule has 5 rings (SSSR count). The van der Waals surface area contributed by atoms with Gasteiger partial charge in [-0.2, -0.15) is 0 Å². The molecule has 0 aliphatic carbocycles. The van der Waals surface area contributed by atoms with Gasteiger partial charge in [-0.05, 0) is 73.7 Å². The fourth-order valence-electron chi connectivity index (χ4n) is 4.53. The number of hydrogen-bond donors (Lipinski definition) is 2. The lowest BCUT2D eigenvalue weighted by Gasteiger charge is -2.26. The van der Waals surface area contributed by atoms with E-state index in [-0.39, 0.29) is 17.2 Å². The minimum absolute atomic E-state index is 0.106. The third-order valence-corrected chi connectivity index (χ3v) is 7.82. The Morgan fingerprint density at radius 1 is 0.733 bits per heavy atom. The Morgan fingerprint density at radius 2 is 1.31 bits per heavy atom. The van der Waals surface area contributed by atoms with Crippen molar-refractivity contribution in [1.82, 2.24) is 5.32 Å². The summed E-state index contributed by atoms with van der Waals surface area (Å²) < 4.78 is 14.5. The SMILES string of the molecule is CC(Sc1cccc(NC(=O)/C(=C\c2ccccc2F)NC(=O)c2ccccc2)c1)C(=O)N(c1ccccc1)c1ccccc1. The number of halogens is 1. The number of benzene rings is 5. The van der Waals surface area contributed by atoms with E-state index in [0.717, 1.165) is 16.3 Å². The number of para-hydroxylation sites is 2. The maximum atomic E-state index is 14.5. The van der Waals surface area contributed by atoms with Crippen molar-refractivity contribution in [2.24, 2.45) is 0 Å². The van der Waals surface area contributed by atoms with Crippen LogP contribution in [0.2, 0.25) is 0 Å². The van der Waals surface area contributed by atoms with Crippen LogP contribution in [0, 0.1) is 5.82 Å². The number of rotatable bonds is 10. The van der Waals surface area contributed by atoms with Crippen LogP contribution in [-0.2, 0) is 9.59 Å². The summed E-state index contributed by atoms with van der Waals surface area (Å²) in [5.41, 5.74) is 2.33. The molecule has 0 spiro atoms. The molecular formula is C37H30FN3O3S. The molecule has 224 valence electrons. The highest BCUT2D eigenvalue weighted by Gasteiger charge is 2.25. The summed E-state index contributed by atoms with van der Waals surface area (Å²) >= 11 is 1.36. The van der Waals surface area contributed by atoms with Gasteiger partial charge in [0.05, 0.1) is 5.25 Å². The molecule has 5 aromatic carbocycles. The van der Waals surface area contributed by atoms with Gasteiger partial charge in [0.2, 0.25) is 5.91 Å². The number of nitrogens with one attached hydrogen (secondary N) is 2. The first-order valence-corrected chi connectivity index (χ1v) is 15.1. The van der Waals surface area contributed by atoms with Crippen LogP contribution < -0.4 is 15.5 Å². The van der Waals surface area contributed by atoms with Gasteiger partial charge in [0.25, 0.3) is 11.8 Å². The highest BCUT2D eigenvalue weighted by molar-refractivity contribution is 8.00. The van der Waals surface area contributed by atoms with Crippen molar-refractivity contribution in [2.75, 3.05) is 10.2 Å². The predicted octanol–water partition coefficient (Wildman–Crippen LogP) is 8.08. The molecule has 0 aliphatic rings. The minimum Gasteiger partial charge on any atom is -0.321 e. The summed E-state index contributed by atoms with van der Waals surface area (Å²) in [7, 11) is 0. The Kier molecular flexibility index (Phi) is 10.2. The van der Waals surface area contributed by atoms with Crippen LogP contribution in [0.4, 0.5) is 21.5 Å². The van der Waals surface area contributed by atoms with Gasteiger partial charge in [-0.25, -0.2) is 4.39 Å². The van der Waals surface area contributed by atoms with E-state index in [1.54, 1.807) is 65.6 Å². The first kappa shape index (κ1) is 31.0. The van der Waals surface area contributed by atoms with Crippen molar-refractivity contribution < 1.29 is 18.8 Å². The molecule has 0 aliphatic heterocycles. The first-order valence-electron chi connectivity index (χ1n) is 14.2. The fraction of sp³-hybridized carbons (Fsp3) is 0.0541. The predicted molar refractivity (Wildman–Crippen MR) is 179 cm³/mol. The molecule has 0 fully saturated rings. The van der Waals surface area contributed by atoms with Crippen LogP contribution in [0.25, 0.3) is 6.08 Å². The van der Waals surface area contributed by atoms with Gasteiger partial charge in [-0.1, -0.05) is 78.9 Å². The van der Waals surface area contributed by atoms with E-state index in [2.05, 4.69) is 10.6 Å². The molecule has 0 saturated carbocycles. The minimum atomic E-state index is -0.631. The molecule has 0 radical (unpaired) electrons. The van der Waals surface area contributed by atoms with Crippen LogP contribution in [0.1, 0.15) is 22.8 Å². The Bertz CT molecular complexity index is 1780. The Labute approximate surface area is 265 Å². The van der Waals surface area contributed by atoms with Crippen molar-refractivity contribution in [1.29, 1.82) is 0 Å². The molecule has 45 heavy (non-hydrogen) atoms. The van der Waals surface area contributed by atoms with E-state index in [4.69, 9.17) is 0 Å². The van der Waals surface area contributed by atoms with E-state index in [1.165, 1.54) is 30.0 Å². The van der Waals surface area contributed by atoms with Crippen molar-refractivity contribution >= 4 is 52.6 Å². The normalized spacial score (nSPS) is 11.7. The van der Waals surface area contributed by atoms with Crippen LogP contribution >= 0.6 is 11.8 Å². The number of hydrogen-bond acceptors (Lipinski definition) is 4. The Balaban J connectivity index is 1.35. The lowest BCUT2D eigenvalue weighted by atomic mass is 10.1. The van der Waals surface area contributed by atoms with Gasteiger partial charge in [0.15, 0.2) is 0 Å². The fourth-order valence-corrected chi connectivity index (χ4v) is 5.50. The lowest BCUT2D eigenvalue weighted by molar-refractivity contribution is -0.117. The third kappa shape index (κ3) is 8.13. The van der Waals surface area contributed by atoms with Crippen molar-refractivity contribution in [3.8, 4) is 0 Å². The Morgan fingerprint density at radius 3 is 1.93 bits per heavy atom. The molecule has 1 unspecified atom stereocenters. The van der Waals surface area contributed by atoms with Gasteiger partial charge < -0.3 is 10.6 Å². The first-order chi connectivity index (χ1) is 21.9. The molecule has 2 N–H and O–H groups in total. The molecule has 1 atom stereocenters.